The van der Waals surface area contributed by atoms with E-state index in [0.717, 1.165) is 12.1 Å². The van der Waals surface area contributed by atoms with Gasteiger partial charge in [0.25, 0.3) is 15.0 Å². The van der Waals surface area contributed by atoms with E-state index in [1.54, 1.807) is 0 Å². The highest BCUT2D eigenvalue weighted by atomic mass is 79.9. The van der Waals surface area contributed by atoms with Crippen LogP contribution in [0.5, 0.6) is 0 Å². The van der Waals surface area contributed by atoms with Crippen molar-refractivity contribution in [2.24, 2.45) is 0 Å². The van der Waals surface area contributed by atoms with Gasteiger partial charge in [0.1, 0.15) is 5.82 Å². The zero-order valence-electron chi connectivity index (χ0n) is 10.3. The van der Waals surface area contributed by atoms with E-state index in [4.69, 9.17) is 10.7 Å². The minimum Gasteiger partial charge on any atom is -0.342 e. The van der Waals surface area contributed by atoms with Crippen molar-refractivity contribution < 1.29 is 17.6 Å². The summed E-state index contributed by atoms with van der Waals surface area (Å²) < 4.78 is 36.4. The first-order valence-electron chi connectivity index (χ1n) is 5.37. The molecule has 0 atom stereocenters. The molecule has 1 aromatic rings. The van der Waals surface area contributed by atoms with E-state index in [0.29, 0.717) is 13.0 Å². The van der Waals surface area contributed by atoms with Crippen LogP contribution in [0.25, 0.3) is 0 Å². The van der Waals surface area contributed by atoms with Gasteiger partial charge < -0.3 is 4.90 Å². The van der Waals surface area contributed by atoms with E-state index < -0.39 is 20.8 Å². The van der Waals surface area contributed by atoms with Gasteiger partial charge in [-0.15, -0.1) is 0 Å². The predicted octanol–water partition coefficient (Wildman–Crippen LogP) is 3.00. The fourth-order valence-electron chi connectivity index (χ4n) is 1.52. The van der Waals surface area contributed by atoms with Crippen molar-refractivity contribution in [2.45, 2.75) is 18.2 Å². The van der Waals surface area contributed by atoms with Crippen molar-refractivity contribution in [3.63, 3.8) is 0 Å². The summed E-state index contributed by atoms with van der Waals surface area (Å²) in [5.41, 5.74) is -0.321. The van der Waals surface area contributed by atoms with Crippen molar-refractivity contribution >= 4 is 41.6 Å². The predicted molar refractivity (Wildman–Crippen MR) is 74.4 cm³/mol. The molecule has 0 saturated heterocycles. The van der Waals surface area contributed by atoms with Gasteiger partial charge in [0.15, 0.2) is 0 Å². The Balaban J connectivity index is 3.34. The van der Waals surface area contributed by atoms with E-state index in [9.17, 15) is 17.6 Å². The van der Waals surface area contributed by atoms with E-state index in [1.807, 2.05) is 6.92 Å². The van der Waals surface area contributed by atoms with Crippen LogP contribution in [-0.4, -0.2) is 32.8 Å². The van der Waals surface area contributed by atoms with Crippen LogP contribution in [0.1, 0.15) is 23.7 Å². The number of halogens is 3. The van der Waals surface area contributed by atoms with Gasteiger partial charge in [-0.3, -0.25) is 4.79 Å². The van der Waals surface area contributed by atoms with Crippen LogP contribution in [0.15, 0.2) is 21.5 Å². The molecule has 19 heavy (non-hydrogen) atoms. The topological polar surface area (TPSA) is 54.5 Å². The molecule has 1 amide bonds. The smallest absolute Gasteiger partial charge is 0.262 e. The standard InChI is InChI=1S/C11H12BrClFNO3S/c1-3-4-15(2)11(16)7-5-10(19(13,17)18)8(12)6-9(7)14/h5-6H,3-4H2,1-2H3. The molecule has 0 aliphatic carbocycles. The number of nitrogens with zero attached hydrogens (tertiary/aromatic N) is 1. The Hall–Kier alpha value is -0.660. The maximum atomic E-state index is 13.8. The third-order valence-electron chi connectivity index (χ3n) is 2.42. The van der Waals surface area contributed by atoms with Crippen molar-refractivity contribution in [2.75, 3.05) is 13.6 Å². The van der Waals surface area contributed by atoms with Crippen molar-refractivity contribution in [3.05, 3.63) is 28.0 Å². The third-order valence-corrected chi connectivity index (χ3v) is 4.70. The average Bonchev–Trinajstić information content (AvgIpc) is 2.26. The zero-order valence-corrected chi connectivity index (χ0v) is 13.4. The molecule has 0 aliphatic heterocycles. The molecule has 1 rings (SSSR count). The van der Waals surface area contributed by atoms with Crippen LogP contribution < -0.4 is 0 Å². The van der Waals surface area contributed by atoms with Crippen LogP contribution in [0.3, 0.4) is 0 Å². The highest BCUT2D eigenvalue weighted by Gasteiger charge is 2.22. The molecule has 0 aromatic heterocycles. The van der Waals surface area contributed by atoms with Gasteiger partial charge in [-0.25, -0.2) is 12.8 Å². The minimum absolute atomic E-state index is 0.0188. The first kappa shape index (κ1) is 16.4. The highest BCUT2D eigenvalue weighted by Crippen LogP contribution is 2.28. The van der Waals surface area contributed by atoms with Gasteiger partial charge in [0.05, 0.1) is 10.5 Å². The summed E-state index contributed by atoms with van der Waals surface area (Å²) in [6.45, 7) is 2.31. The van der Waals surface area contributed by atoms with Crippen molar-refractivity contribution in [1.29, 1.82) is 0 Å². The first-order valence-corrected chi connectivity index (χ1v) is 8.48. The maximum absolute atomic E-state index is 13.8. The molecule has 0 radical (unpaired) electrons. The van der Waals surface area contributed by atoms with Crippen LogP contribution in [0, 0.1) is 5.82 Å². The van der Waals surface area contributed by atoms with Gasteiger partial charge in [-0.05, 0) is 34.5 Å². The fraction of sp³-hybridized carbons (Fsp3) is 0.364. The third kappa shape index (κ3) is 3.90. The van der Waals surface area contributed by atoms with Crippen LogP contribution in [0.4, 0.5) is 4.39 Å². The maximum Gasteiger partial charge on any atom is 0.262 e. The number of rotatable bonds is 4. The summed E-state index contributed by atoms with van der Waals surface area (Å²) in [6, 6.07) is 1.86. The number of benzene rings is 1. The second-order valence-electron chi connectivity index (χ2n) is 3.93. The molecule has 106 valence electrons. The second-order valence-corrected chi connectivity index (χ2v) is 7.32. The van der Waals surface area contributed by atoms with Crippen molar-refractivity contribution in [1.82, 2.24) is 4.90 Å². The Labute approximate surface area is 124 Å². The summed E-state index contributed by atoms with van der Waals surface area (Å²) in [5.74, 6) is -1.39. The monoisotopic (exact) mass is 371 g/mol. The molecule has 0 aliphatic rings. The number of amides is 1. The second kappa shape index (κ2) is 6.19. The molecule has 0 fully saturated rings. The quantitative estimate of drug-likeness (QED) is 0.764. The Morgan fingerprint density at radius 1 is 1.47 bits per heavy atom. The molecule has 0 spiro atoms. The molecule has 0 saturated carbocycles. The lowest BCUT2D eigenvalue weighted by molar-refractivity contribution is 0.0790. The summed E-state index contributed by atoms with van der Waals surface area (Å²) in [7, 11) is 2.69. The van der Waals surface area contributed by atoms with Gasteiger partial charge in [0.2, 0.25) is 0 Å². The Kier molecular flexibility index (Phi) is 5.34. The number of carbonyl (C=O) groups excluding carboxylic acids is 1. The van der Waals surface area contributed by atoms with Crippen LogP contribution in [0.2, 0.25) is 0 Å². The van der Waals surface area contributed by atoms with Gasteiger partial charge >= 0.3 is 0 Å². The molecule has 0 heterocycles. The van der Waals surface area contributed by atoms with Gasteiger partial charge in [-0.2, -0.15) is 0 Å². The normalized spacial score (nSPS) is 11.4. The zero-order chi connectivity index (χ0) is 14.8. The fourth-order valence-corrected chi connectivity index (χ4v) is 3.69. The SMILES string of the molecule is CCCN(C)C(=O)c1cc(S(=O)(=O)Cl)c(Br)cc1F. The van der Waals surface area contributed by atoms with E-state index in [1.165, 1.54) is 11.9 Å². The highest BCUT2D eigenvalue weighted by molar-refractivity contribution is 9.10. The van der Waals surface area contributed by atoms with Crippen molar-refractivity contribution in [3.8, 4) is 0 Å². The lowest BCUT2D eigenvalue weighted by Gasteiger charge is -2.17. The number of hydrogen-bond donors (Lipinski definition) is 0. The molecule has 4 nitrogen and oxygen atoms in total. The Morgan fingerprint density at radius 3 is 2.53 bits per heavy atom. The molecule has 0 bridgehead atoms. The minimum atomic E-state index is -4.06. The van der Waals surface area contributed by atoms with Gasteiger partial charge in [0, 0.05) is 28.7 Å². The summed E-state index contributed by atoms with van der Waals surface area (Å²) in [6.07, 6.45) is 0.709. The summed E-state index contributed by atoms with van der Waals surface area (Å²) in [4.78, 5) is 13.0. The average molecular weight is 373 g/mol. The summed E-state index contributed by atoms with van der Waals surface area (Å²) in [5, 5.41) is 0. The van der Waals surface area contributed by atoms with E-state index >= 15 is 0 Å². The molecular formula is C11H12BrClFNO3S. The lowest BCUT2D eigenvalue weighted by atomic mass is 10.2. The number of carbonyl (C=O) groups is 1. The molecular weight excluding hydrogens is 361 g/mol. The summed E-state index contributed by atoms with van der Waals surface area (Å²) >= 11 is 2.91. The van der Waals surface area contributed by atoms with Crippen LogP contribution in [-0.2, 0) is 9.05 Å². The Bertz CT molecular complexity index is 606. The molecule has 0 N–H and O–H groups in total. The number of hydrogen-bond acceptors (Lipinski definition) is 3. The van der Waals surface area contributed by atoms with E-state index in [-0.39, 0.29) is 14.9 Å². The molecule has 1 aromatic carbocycles. The van der Waals surface area contributed by atoms with Gasteiger partial charge in [-0.1, -0.05) is 6.92 Å². The van der Waals surface area contributed by atoms with E-state index in [2.05, 4.69) is 15.9 Å². The Morgan fingerprint density at radius 2 is 2.05 bits per heavy atom. The largest absolute Gasteiger partial charge is 0.342 e. The van der Waals surface area contributed by atoms with Crippen LogP contribution >= 0.6 is 26.6 Å². The first-order chi connectivity index (χ1) is 8.68. The molecule has 0 unspecified atom stereocenters. The molecule has 8 heteroatoms. The lowest BCUT2D eigenvalue weighted by Crippen LogP contribution is -2.28.